The lowest BCUT2D eigenvalue weighted by Gasteiger charge is -2.15. The second-order valence-electron chi connectivity index (χ2n) is 20.0. The summed E-state index contributed by atoms with van der Waals surface area (Å²) in [6.45, 7) is 7.37. The maximum absolute atomic E-state index is 13.4. The van der Waals surface area contributed by atoms with Gasteiger partial charge >= 0.3 is 5.97 Å². The number of unbranched alkanes of at least 4 members (excludes halogenated alkanes) is 46. The standard InChI is InChI=1S/C58H114O3/c1-4-7-10-13-16-19-22-25-28-29-30-31-32-34-37-40-43-46-49-52-55-61-58(60)56(53-50-47-44-41-38-35-27-24-21-18-15-12-9-6-3)57(59)54-51-48-45-42-39-36-33-26-23-20-17-14-11-8-5-2/h56H,4-55H2,1-3H3. The van der Waals surface area contributed by atoms with Crippen molar-refractivity contribution in [3.05, 3.63) is 0 Å². The zero-order valence-electron chi connectivity index (χ0n) is 42.6. The van der Waals surface area contributed by atoms with Crippen molar-refractivity contribution in [1.82, 2.24) is 0 Å². The third-order valence-corrected chi connectivity index (χ3v) is 13.8. The van der Waals surface area contributed by atoms with Crippen molar-refractivity contribution in [2.75, 3.05) is 6.61 Å². The Morgan fingerprint density at radius 1 is 0.279 bits per heavy atom. The van der Waals surface area contributed by atoms with E-state index in [-0.39, 0.29) is 11.8 Å². The quantitative estimate of drug-likeness (QED) is 0.0348. The van der Waals surface area contributed by atoms with E-state index >= 15 is 0 Å². The van der Waals surface area contributed by atoms with Crippen molar-refractivity contribution in [3.8, 4) is 0 Å². The summed E-state index contributed by atoms with van der Waals surface area (Å²) in [5.74, 6) is -0.606. The first kappa shape index (κ1) is 60.1. The molecule has 0 N–H and O–H groups in total. The lowest BCUT2D eigenvalue weighted by Crippen LogP contribution is -2.26. The Morgan fingerprint density at radius 3 is 0.754 bits per heavy atom. The van der Waals surface area contributed by atoms with Gasteiger partial charge in [-0.05, 0) is 19.3 Å². The zero-order valence-corrected chi connectivity index (χ0v) is 42.6. The molecule has 0 amide bonds. The van der Waals surface area contributed by atoms with Gasteiger partial charge < -0.3 is 4.74 Å². The van der Waals surface area contributed by atoms with Crippen LogP contribution in [-0.4, -0.2) is 18.4 Å². The number of esters is 1. The van der Waals surface area contributed by atoms with E-state index in [1.807, 2.05) is 0 Å². The molecule has 0 spiro atoms. The number of ether oxygens (including phenoxy) is 1. The van der Waals surface area contributed by atoms with Gasteiger partial charge in [0.2, 0.25) is 0 Å². The second-order valence-corrected chi connectivity index (χ2v) is 20.0. The molecule has 0 aromatic carbocycles. The molecule has 1 unspecified atom stereocenters. The van der Waals surface area contributed by atoms with Crippen LogP contribution < -0.4 is 0 Å². The SMILES string of the molecule is CCCCCCCCCCCCCCCCCCCCCCOC(=O)C(CCCCCCCCCCCCCCCC)C(=O)CCCCCCCCCCCCCCCCC. The predicted molar refractivity (Wildman–Crippen MR) is 272 cm³/mol. The minimum absolute atomic E-state index is 0.151. The number of hydrogen-bond donors (Lipinski definition) is 0. The molecule has 1 atom stereocenters. The maximum atomic E-state index is 13.4. The average Bonchev–Trinajstić information content (AvgIpc) is 3.26. The molecule has 0 saturated heterocycles. The molecule has 0 saturated carbocycles. The van der Waals surface area contributed by atoms with Crippen molar-refractivity contribution >= 4 is 11.8 Å². The van der Waals surface area contributed by atoms with E-state index in [9.17, 15) is 9.59 Å². The van der Waals surface area contributed by atoms with Crippen molar-refractivity contribution < 1.29 is 14.3 Å². The number of rotatable bonds is 54. The number of Topliss-reactive ketones (excluding diaryl/α,β-unsaturated/α-hetero) is 1. The molecule has 0 aliphatic rings. The summed E-state index contributed by atoms with van der Waals surface area (Å²) < 4.78 is 5.80. The summed E-state index contributed by atoms with van der Waals surface area (Å²) in [4.78, 5) is 26.7. The Morgan fingerprint density at radius 2 is 0.492 bits per heavy atom. The highest BCUT2D eigenvalue weighted by Crippen LogP contribution is 2.21. The highest BCUT2D eigenvalue weighted by molar-refractivity contribution is 5.98. The summed E-state index contributed by atoms with van der Waals surface area (Å²) in [5.41, 5.74) is 0. The summed E-state index contributed by atoms with van der Waals surface area (Å²) in [6, 6.07) is 0. The third-order valence-electron chi connectivity index (χ3n) is 13.8. The van der Waals surface area contributed by atoms with Crippen molar-refractivity contribution in [2.45, 2.75) is 348 Å². The number of hydrogen-bond acceptors (Lipinski definition) is 3. The van der Waals surface area contributed by atoms with Gasteiger partial charge in [0.05, 0.1) is 6.61 Å². The first-order chi connectivity index (χ1) is 30.2. The second kappa shape index (κ2) is 53.5. The van der Waals surface area contributed by atoms with Gasteiger partial charge in [0, 0.05) is 6.42 Å². The van der Waals surface area contributed by atoms with Crippen molar-refractivity contribution in [3.63, 3.8) is 0 Å². The summed E-state index contributed by atoms with van der Waals surface area (Å²) in [6.07, 6.45) is 66.9. The predicted octanol–water partition coefficient (Wildman–Crippen LogP) is 20.7. The van der Waals surface area contributed by atoms with E-state index in [4.69, 9.17) is 4.74 Å². The van der Waals surface area contributed by atoms with Crippen LogP contribution in [0.2, 0.25) is 0 Å². The van der Waals surface area contributed by atoms with Crippen LogP contribution in [-0.2, 0) is 14.3 Å². The Labute approximate surface area is 385 Å². The van der Waals surface area contributed by atoms with Gasteiger partial charge in [-0.1, -0.05) is 323 Å². The molecule has 0 radical (unpaired) electrons. The fourth-order valence-corrected chi connectivity index (χ4v) is 9.43. The molecular weight excluding hydrogens is 745 g/mol. The molecule has 0 fully saturated rings. The minimum Gasteiger partial charge on any atom is -0.465 e. The molecule has 0 aliphatic heterocycles. The van der Waals surface area contributed by atoms with Crippen molar-refractivity contribution in [1.29, 1.82) is 0 Å². The van der Waals surface area contributed by atoms with Gasteiger partial charge in [0.25, 0.3) is 0 Å². The van der Waals surface area contributed by atoms with Gasteiger partial charge in [-0.2, -0.15) is 0 Å². The lowest BCUT2D eigenvalue weighted by molar-refractivity contribution is -0.152. The average molecular weight is 860 g/mol. The molecule has 364 valence electrons. The highest BCUT2D eigenvalue weighted by atomic mass is 16.5. The van der Waals surface area contributed by atoms with Crippen LogP contribution >= 0.6 is 0 Å². The van der Waals surface area contributed by atoms with Crippen molar-refractivity contribution in [2.24, 2.45) is 5.92 Å². The third kappa shape index (κ3) is 48.4. The molecule has 0 aromatic heterocycles. The fourth-order valence-electron chi connectivity index (χ4n) is 9.43. The Bertz CT molecular complexity index is 837. The van der Waals surface area contributed by atoms with Crippen LogP contribution in [0.15, 0.2) is 0 Å². The van der Waals surface area contributed by atoms with Gasteiger partial charge in [-0.15, -0.1) is 0 Å². The fraction of sp³-hybridized carbons (Fsp3) is 0.966. The molecule has 0 bridgehead atoms. The van der Waals surface area contributed by atoms with Crippen LogP contribution in [0.5, 0.6) is 0 Å². The van der Waals surface area contributed by atoms with E-state index < -0.39 is 5.92 Å². The number of ketones is 1. The smallest absolute Gasteiger partial charge is 0.316 e. The summed E-state index contributed by atoms with van der Waals surface area (Å²) in [7, 11) is 0. The molecule has 3 heteroatoms. The number of carbonyl (C=O) groups is 2. The first-order valence-electron chi connectivity index (χ1n) is 28.9. The molecule has 0 rings (SSSR count). The minimum atomic E-state index is -0.533. The van der Waals surface area contributed by atoms with Gasteiger partial charge in [-0.25, -0.2) is 0 Å². The van der Waals surface area contributed by atoms with Crippen LogP contribution in [0.25, 0.3) is 0 Å². The molecule has 0 aliphatic carbocycles. The van der Waals surface area contributed by atoms with E-state index in [2.05, 4.69) is 20.8 Å². The normalized spacial score (nSPS) is 12.0. The van der Waals surface area contributed by atoms with Gasteiger partial charge in [-0.3, -0.25) is 9.59 Å². The van der Waals surface area contributed by atoms with Crippen LogP contribution in [0, 0.1) is 5.92 Å². The van der Waals surface area contributed by atoms with Crippen LogP contribution in [0.3, 0.4) is 0 Å². The number of carbonyl (C=O) groups excluding carboxylic acids is 2. The topological polar surface area (TPSA) is 43.4 Å². The zero-order chi connectivity index (χ0) is 44.2. The lowest BCUT2D eigenvalue weighted by atomic mass is 9.92. The van der Waals surface area contributed by atoms with E-state index in [1.54, 1.807) is 0 Å². The van der Waals surface area contributed by atoms with Gasteiger partial charge in [0.1, 0.15) is 11.7 Å². The Kier molecular flexibility index (Phi) is 52.7. The van der Waals surface area contributed by atoms with Crippen LogP contribution in [0.1, 0.15) is 348 Å². The molecule has 0 aromatic rings. The molecular formula is C58H114O3. The maximum Gasteiger partial charge on any atom is 0.316 e. The van der Waals surface area contributed by atoms with E-state index in [1.165, 1.54) is 276 Å². The monoisotopic (exact) mass is 859 g/mol. The Balaban J connectivity index is 4.14. The Hall–Kier alpha value is -0.860. The molecule has 0 heterocycles. The molecule has 61 heavy (non-hydrogen) atoms. The van der Waals surface area contributed by atoms with Crippen LogP contribution in [0.4, 0.5) is 0 Å². The highest BCUT2D eigenvalue weighted by Gasteiger charge is 2.27. The largest absolute Gasteiger partial charge is 0.465 e. The molecule has 3 nitrogen and oxygen atoms in total. The summed E-state index contributed by atoms with van der Waals surface area (Å²) >= 11 is 0. The van der Waals surface area contributed by atoms with Gasteiger partial charge in [0.15, 0.2) is 0 Å². The van der Waals surface area contributed by atoms with E-state index in [0.717, 1.165) is 38.5 Å². The first-order valence-corrected chi connectivity index (χ1v) is 28.9. The summed E-state index contributed by atoms with van der Waals surface area (Å²) in [5, 5.41) is 0. The van der Waals surface area contributed by atoms with E-state index in [0.29, 0.717) is 19.4 Å².